The van der Waals surface area contributed by atoms with Gasteiger partial charge in [0.15, 0.2) is 0 Å². The van der Waals surface area contributed by atoms with Gasteiger partial charge in [-0.3, -0.25) is 0 Å². The van der Waals surface area contributed by atoms with Gasteiger partial charge in [-0.25, -0.2) is 0 Å². The Kier molecular flexibility index (Phi) is 5.29. The van der Waals surface area contributed by atoms with Crippen molar-refractivity contribution < 1.29 is 0 Å². The lowest BCUT2D eigenvalue weighted by molar-refractivity contribution is 0.200. The van der Waals surface area contributed by atoms with Gasteiger partial charge >= 0.3 is 0 Å². The summed E-state index contributed by atoms with van der Waals surface area (Å²) in [5, 5.41) is 0. The minimum atomic E-state index is 0.711. The minimum Gasteiger partial charge on any atom is -0.303 e. The van der Waals surface area contributed by atoms with Crippen molar-refractivity contribution in [2.75, 3.05) is 19.6 Å². The molecule has 1 heteroatoms. The first kappa shape index (κ1) is 15.3. The molecule has 0 aromatic heterocycles. The van der Waals surface area contributed by atoms with Crippen LogP contribution in [0.3, 0.4) is 0 Å². The largest absolute Gasteiger partial charge is 0.303 e. The summed E-state index contributed by atoms with van der Waals surface area (Å²) in [6, 6.07) is 19.7. The summed E-state index contributed by atoms with van der Waals surface area (Å²) in [5.74, 6) is 0.711. The highest BCUT2D eigenvalue weighted by Gasteiger charge is 2.15. The summed E-state index contributed by atoms with van der Waals surface area (Å²) in [6.45, 7) is 6.23. The average molecular weight is 293 g/mol. The third kappa shape index (κ3) is 3.98. The van der Waals surface area contributed by atoms with Gasteiger partial charge in [0.2, 0.25) is 0 Å². The first-order valence-electron chi connectivity index (χ1n) is 8.68. The average Bonchev–Trinajstić information content (AvgIpc) is 2.57. The van der Waals surface area contributed by atoms with Crippen molar-refractivity contribution in [2.24, 2.45) is 5.92 Å². The number of likely N-dealkylation sites (tertiary alicyclic amines) is 1. The topological polar surface area (TPSA) is 3.24 Å². The molecular weight excluding hydrogens is 266 g/mol. The first-order chi connectivity index (χ1) is 10.8. The van der Waals surface area contributed by atoms with E-state index in [9.17, 15) is 0 Å². The molecule has 1 saturated heterocycles. The molecule has 2 aromatic carbocycles. The highest BCUT2D eigenvalue weighted by molar-refractivity contribution is 5.67. The molecule has 0 aliphatic carbocycles. The van der Waals surface area contributed by atoms with E-state index in [1.54, 1.807) is 0 Å². The van der Waals surface area contributed by atoms with Gasteiger partial charge in [-0.1, -0.05) is 67.9 Å². The van der Waals surface area contributed by atoms with Gasteiger partial charge in [-0.15, -0.1) is 0 Å². The number of rotatable bonds is 5. The van der Waals surface area contributed by atoms with Crippen molar-refractivity contribution in [3.63, 3.8) is 0 Å². The van der Waals surface area contributed by atoms with Crippen molar-refractivity contribution in [1.82, 2.24) is 4.90 Å². The normalized spacial score (nSPS) is 17.3. The number of piperidine rings is 1. The smallest absolute Gasteiger partial charge is 0.00102 e. The van der Waals surface area contributed by atoms with Crippen LogP contribution in [0.25, 0.3) is 11.1 Å². The molecule has 0 amide bonds. The van der Waals surface area contributed by atoms with Gasteiger partial charge in [0, 0.05) is 6.54 Å². The molecule has 116 valence electrons. The summed E-state index contributed by atoms with van der Waals surface area (Å²) >= 11 is 0. The maximum Gasteiger partial charge on any atom is 0.00102 e. The molecule has 1 unspecified atom stereocenters. The van der Waals surface area contributed by atoms with E-state index in [-0.39, 0.29) is 0 Å². The van der Waals surface area contributed by atoms with E-state index in [0.29, 0.717) is 5.92 Å². The lowest BCUT2D eigenvalue weighted by Crippen LogP contribution is -2.34. The Labute approximate surface area is 135 Å². The highest BCUT2D eigenvalue weighted by atomic mass is 15.1. The lowest BCUT2D eigenvalue weighted by atomic mass is 9.92. The van der Waals surface area contributed by atoms with Gasteiger partial charge in [0.25, 0.3) is 0 Å². The molecule has 1 heterocycles. The van der Waals surface area contributed by atoms with Crippen LogP contribution in [0.5, 0.6) is 0 Å². The summed E-state index contributed by atoms with van der Waals surface area (Å²) in [6.07, 6.45) is 5.35. The van der Waals surface area contributed by atoms with Crippen molar-refractivity contribution >= 4 is 0 Å². The van der Waals surface area contributed by atoms with Crippen LogP contribution < -0.4 is 0 Å². The highest BCUT2D eigenvalue weighted by Crippen LogP contribution is 2.26. The van der Waals surface area contributed by atoms with Gasteiger partial charge in [-0.2, -0.15) is 0 Å². The van der Waals surface area contributed by atoms with Crippen LogP contribution in [0.15, 0.2) is 54.6 Å². The van der Waals surface area contributed by atoms with Crippen molar-refractivity contribution in [3.8, 4) is 11.1 Å². The molecule has 0 saturated carbocycles. The fraction of sp³-hybridized carbons (Fsp3) is 0.429. The van der Waals surface area contributed by atoms with Gasteiger partial charge in [0.1, 0.15) is 0 Å². The molecule has 0 radical (unpaired) electrons. The third-order valence-electron chi connectivity index (χ3n) is 4.69. The molecule has 0 N–H and O–H groups in total. The number of benzene rings is 2. The Hall–Kier alpha value is -1.60. The summed E-state index contributed by atoms with van der Waals surface area (Å²) in [4.78, 5) is 2.65. The summed E-state index contributed by atoms with van der Waals surface area (Å²) in [7, 11) is 0. The molecule has 1 fully saturated rings. The maximum absolute atomic E-state index is 2.65. The second kappa shape index (κ2) is 7.60. The Balaban J connectivity index is 1.69. The predicted octanol–water partition coefficient (Wildman–Crippen LogP) is 5.02. The molecule has 3 rings (SSSR count). The van der Waals surface area contributed by atoms with Crippen LogP contribution in [0.4, 0.5) is 0 Å². The van der Waals surface area contributed by atoms with Crippen LogP contribution >= 0.6 is 0 Å². The van der Waals surface area contributed by atoms with Crippen molar-refractivity contribution in [1.29, 1.82) is 0 Å². The first-order valence-corrected chi connectivity index (χ1v) is 8.68. The number of hydrogen-bond acceptors (Lipinski definition) is 1. The van der Waals surface area contributed by atoms with Crippen LogP contribution in [0.1, 0.15) is 31.7 Å². The number of nitrogens with zero attached hydrogens (tertiary/aromatic N) is 1. The van der Waals surface area contributed by atoms with Crippen LogP contribution in [-0.2, 0) is 6.42 Å². The molecule has 2 aromatic rings. The SMILES string of the molecule is CC(Cc1ccccc1-c1ccccc1)CN1CCCCC1. The van der Waals surface area contributed by atoms with E-state index < -0.39 is 0 Å². The van der Waals surface area contributed by atoms with E-state index in [4.69, 9.17) is 0 Å². The standard InChI is InChI=1S/C21H27N/c1-18(17-22-14-8-3-9-15-22)16-20-12-6-7-13-21(20)19-10-4-2-5-11-19/h2,4-7,10-13,18H,3,8-9,14-17H2,1H3. The van der Waals surface area contributed by atoms with Gasteiger partial charge in [-0.05, 0) is 55.0 Å². The van der Waals surface area contributed by atoms with E-state index in [1.807, 2.05) is 0 Å². The Morgan fingerprint density at radius 1 is 0.864 bits per heavy atom. The van der Waals surface area contributed by atoms with Gasteiger partial charge in [0.05, 0.1) is 0 Å². The zero-order valence-corrected chi connectivity index (χ0v) is 13.7. The van der Waals surface area contributed by atoms with Crippen molar-refractivity contribution in [2.45, 2.75) is 32.6 Å². The van der Waals surface area contributed by atoms with Gasteiger partial charge < -0.3 is 4.90 Å². The minimum absolute atomic E-state index is 0.711. The molecule has 0 bridgehead atoms. The fourth-order valence-electron chi connectivity index (χ4n) is 3.62. The quantitative estimate of drug-likeness (QED) is 0.748. The summed E-state index contributed by atoms with van der Waals surface area (Å²) < 4.78 is 0. The predicted molar refractivity (Wildman–Crippen MR) is 95.0 cm³/mol. The molecule has 1 nitrogen and oxygen atoms in total. The Morgan fingerprint density at radius 2 is 1.55 bits per heavy atom. The zero-order chi connectivity index (χ0) is 15.2. The third-order valence-corrected chi connectivity index (χ3v) is 4.69. The molecule has 1 aliphatic heterocycles. The van der Waals surface area contributed by atoms with E-state index in [2.05, 4.69) is 66.4 Å². The monoisotopic (exact) mass is 293 g/mol. The van der Waals surface area contributed by atoms with Crippen molar-refractivity contribution in [3.05, 3.63) is 60.2 Å². The van der Waals surface area contributed by atoms with Crippen LogP contribution in [0.2, 0.25) is 0 Å². The lowest BCUT2D eigenvalue weighted by Gasteiger charge is -2.29. The molecule has 1 aliphatic rings. The molecule has 1 atom stereocenters. The molecular formula is C21H27N. The van der Waals surface area contributed by atoms with E-state index in [1.165, 1.54) is 62.0 Å². The van der Waals surface area contributed by atoms with E-state index in [0.717, 1.165) is 0 Å². The van der Waals surface area contributed by atoms with E-state index >= 15 is 0 Å². The maximum atomic E-state index is 2.65. The number of hydrogen-bond donors (Lipinski definition) is 0. The summed E-state index contributed by atoms with van der Waals surface area (Å²) in [5.41, 5.74) is 4.22. The Bertz CT molecular complexity index is 569. The Morgan fingerprint density at radius 3 is 2.32 bits per heavy atom. The second-order valence-electron chi connectivity index (χ2n) is 6.69. The second-order valence-corrected chi connectivity index (χ2v) is 6.69. The molecule has 22 heavy (non-hydrogen) atoms. The zero-order valence-electron chi connectivity index (χ0n) is 13.7. The van der Waals surface area contributed by atoms with Crippen LogP contribution in [0, 0.1) is 5.92 Å². The molecule has 0 spiro atoms. The van der Waals surface area contributed by atoms with Crippen LogP contribution in [-0.4, -0.2) is 24.5 Å². The fourth-order valence-corrected chi connectivity index (χ4v) is 3.62.